The highest BCUT2D eigenvalue weighted by Crippen LogP contribution is 2.13. The molecule has 2 unspecified atom stereocenters. The predicted molar refractivity (Wildman–Crippen MR) is 30.7 cm³/mol. The normalized spacial score (nSPS) is 35.1. The average Bonchev–Trinajstić information content (AvgIpc) is 1.80. The molecule has 1 radical (unpaired) electrons. The van der Waals surface area contributed by atoms with E-state index in [1.807, 2.05) is 6.92 Å². The van der Waals surface area contributed by atoms with Crippen LogP contribution in [0.25, 0.3) is 0 Å². The lowest BCUT2D eigenvalue weighted by Crippen LogP contribution is -2.32. The Morgan fingerprint density at radius 3 is 2.89 bits per heavy atom. The van der Waals surface area contributed by atoms with E-state index in [2.05, 4.69) is 16.4 Å². The van der Waals surface area contributed by atoms with E-state index in [0.717, 1.165) is 0 Å². The smallest absolute Gasteiger partial charge is 0.434 e. The first-order chi connectivity index (χ1) is 4.20. The van der Waals surface area contributed by atoms with Gasteiger partial charge in [0, 0.05) is 5.92 Å². The molecule has 1 saturated heterocycles. The van der Waals surface area contributed by atoms with Crippen molar-refractivity contribution in [1.82, 2.24) is 0 Å². The summed E-state index contributed by atoms with van der Waals surface area (Å²) in [5, 5.41) is 0. The van der Waals surface area contributed by atoms with E-state index in [-0.39, 0.29) is 12.0 Å². The molecule has 1 rings (SSSR count). The monoisotopic (exact) mass is 129 g/mol. The number of hydrogen-bond acceptors (Lipinski definition) is 3. The minimum absolute atomic E-state index is 0.211. The molecule has 0 spiro atoms. The van der Waals surface area contributed by atoms with Crippen molar-refractivity contribution in [3.63, 3.8) is 0 Å². The molecule has 1 aliphatic heterocycles. The molecule has 1 aliphatic rings. The summed E-state index contributed by atoms with van der Waals surface area (Å²) < 4.78 is 9.19. The first-order valence-electron chi connectivity index (χ1n) is 2.86. The number of cyclic esters (lactones) is 2. The van der Waals surface area contributed by atoms with Gasteiger partial charge in [-0.3, -0.25) is 0 Å². The Labute approximate surface area is 53.9 Å². The number of ether oxygens (including phenoxy) is 2. The van der Waals surface area contributed by atoms with Crippen molar-refractivity contribution in [2.75, 3.05) is 6.61 Å². The summed E-state index contributed by atoms with van der Waals surface area (Å²) in [7, 11) is 0. The molecular weight excluding hydrogens is 120 g/mol. The standard InChI is InChI=1S/C6H9O3/c1-4-3-8-6(7)9-5(4)2/h4-5H,2-3H2,1H3. The second kappa shape index (κ2) is 2.25. The van der Waals surface area contributed by atoms with Gasteiger partial charge in [-0.05, 0) is 6.92 Å². The Bertz CT molecular complexity index is 121. The van der Waals surface area contributed by atoms with Gasteiger partial charge in [0.1, 0.15) is 12.7 Å². The van der Waals surface area contributed by atoms with Crippen molar-refractivity contribution >= 4 is 6.16 Å². The van der Waals surface area contributed by atoms with Gasteiger partial charge in [-0.25, -0.2) is 4.79 Å². The fraction of sp³-hybridized carbons (Fsp3) is 0.667. The van der Waals surface area contributed by atoms with Crippen LogP contribution in [0, 0.1) is 12.8 Å². The van der Waals surface area contributed by atoms with Gasteiger partial charge in [0.05, 0.1) is 0 Å². The van der Waals surface area contributed by atoms with Crippen LogP contribution in [-0.2, 0) is 9.47 Å². The maximum Gasteiger partial charge on any atom is 0.508 e. The SMILES string of the molecule is [CH2]C1OC(=O)OCC1C. The van der Waals surface area contributed by atoms with Crippen LogP contribution in [0.2, 0.25) is 0 Å². The third-order valence-electron chi connectivity index (χ3n) is 1.35. The van der Waals surface area contributed by atoms with Gasteiger partial charge in [-0.15, -0.1) is 0 Å². The van der Waals surface area contributed by atoms with Gasteiger partial charge in [0.25, 0.3) is 0 Å². The van der Waals surface area contributed by atoms with Crippen LogP contribution in [0.1, 0.15) is 6.92 Å². The summed E-state index contributed by atoms with van der Waals surface area (Å²) in [4.78, 5) is 10.3. The number of carbonyl (C=O) groups excluding carboxylic acids is 1. The molecule has 0 N–H and O–H groups in total. The molecule has 0 aromatic carbocycles. The molecule has 1 heterocycles. The molecule has 51 valence electrons. The number of carbonyl (C=O) groups is 1. The van der Waals surface area contributed by atoms with Crippen LogP contribution in [0.3, 0.4) is 0 Å². The van der Waals surface area contributed by atoms with Crippen molar-refractivity contribution in [1.29, 1.82) is 0 Å². The van der Waals surface area contributed by atoms with E-state index in [1.54, 1.807) is 0 Å². The predicted octanol–water partition coefficient (Wildman–Crippen LogP) is 0.992. The molecular formula is C6H9O3. The van der Waals surface area contributed by atoms with Gasteiger partial charge in [0.2, 0.25) is 0 Å². The van der Waals surface area contributed by atoms with Gasteiger partial charge in [-0.2, -0.15) is 0 Å². The van der Waals surface area contributed by atoms with Gasteiger partial charge >= 0.3 is 6.16 Å². The molecule has 0 aromatic heterocycles. The summed E-state index contributed by atoms with van der Waals surface area (Å²) in [5.41, 5.74) is 0. The van der Waals surface area contributed by atoms with E-state index in [4.69, 9.17) is 0 Å². The van der Waals surface area contributed by atoms with Gasteiger partial charge in [-0.1, -0.05) is 6.92 Å². The topological polar surface area (TPSA) is 35.5 Å². The quantitative estimate of drug-likeness (QED) is 0.457. The molecule has 3 nitrogen and oxygen atoms in total. The van der Waals surface area contributed by atoms with Crippen LogP contribution in [0.5, 0.6) is 0 Å². The lowest BCUT2D eigenvalue weighted by molar-refractivity contribution is -0.0363. The molecule has 3 heteroatoms. The van der Waals surface area contributed by atoms with Crippen LogP contribution in [-0.4, -0.2) is 18.9 Å². The molecule has 0 bridgehead atoms. The maximum absolute atomic E-state index is 10.3. The summed E-state index contributed by atoms with van der Waals surface area (Å²) in [6.45, 7) is 5.95. The molecule has 0 aliphatic carbocycles. The number of rotatable bonds is 0. The lowest BCUT2D eigenvalue weighted by atomic mass is 10.1. The molecule has 0 saturated carbocycles. The highest BCUT2D eigenvalue weighted by atomic mass is 16.7. The van der Waals surface area contributed by atoms with Gasteiger partial charge in [0.15, 0.2) is 0 Å². The van der Waals surface area contributed by atoms with Crippen molar-refractivity contribution in [3.05, 3.63) is 6.92 Å². The fourth-order valence-corrected chi connectivity index (χ4v) is 0.581. The van der Waals surface area contributed by atoms with E-state index < -0.39 is 6.16 Å². The summed E-state index contributed by atoms with van der Waals surface area (Å²) in [5.74, 6) is 0.211. The van der Waals surface area contributed by atoms with Crippen LogP contribution < -0.4 is 0 Å². The Hall–Kier alpha value is -0.730. The highest BCUT2D eigenvalue weighted by molar-refractivity contribution is 5.60. The van der Waals surface area contributed by atoms with Crippen molar-refractivity contribution < 1.29 is 14.3 Å². The fourth-order valence-electron chi connectivity index (χ4n) is 0.581. The molecule has 1 fully saturated rings. The van der Waals surface area contributed by atoms with Crippen molar-refractivity contribution in [3.8, 4) is 0 Å². The summed E-state index contributed by atoms with van der Waals surface area (Å²) in [6.07, 6.45) is -0.848. The van der Waals surface area contributed by atoms with Crippen LogP contribution in [0.15, 0.2) is 0 Å². The molecule has 2 atom stereocenters. The Balaban J connectivity index is 2.44. The van der Waals surface area contributed by atoms with E-state index in [0.29, 0.717) is 6.61 Å². The molecule has 9 heavy (non-hydrogen) atoms. The molecule has 0 aromatic rings. The highest BCUT2D eigenvalue weighted by Gasteiger charge is 2.24. The zero-order valence-corrected chi connectivity index (χ0v) is 5.29. The summed E-state index contributed by atoms with van der Waals surface area (Å²) in [6, 6.07) is 0. The minimum Gasteiger partial charge on any atom is -0.434 e. The zero-order valence-electron chi connectivity index (χ0n) is 5.29. The summed E-state index contributed by atoms with van der Waals surface area (Å²) >= 11 is 0. The third kappa shape index (κ3) is 1.34. The second-order valence-corrected chi connectivity index (χ2v) is 2.19. The van der Waals surface area contributed by atoms with Crippen molar-refractivity contribution in [2.45, 2.75) is 13.0 Å². The van der Waals surface area contributed by atoms with Gasteiger partial charge < -0.3 is 9.47 Å². The van der Waals surface area contributed by atoms with E-state index in [9.17, 15) is 4.79 Å². The minimum atomic E-state index is -0.604. The van der Waals surface area contributed by atoms with E-state index in [1.165, 1.54) is 0 Å². The number of hydrogen-bond donors (Lipinski definition) is 0. The maximum atomic E-state index is 10.3. The third-order valence-corrected chi connectivity index (χ3v) is 1.35. The largest absolute Gasteiger partial charge is 0.508 e. The van der Waals surface area contributed by atoms with Crippen LogP contribution >= 0.6 is 0 Å². The van der Waals surface area contributed by atoms with Crippen molar-refractivity contribution in [2.24, 2.45) is 5.92 Å². The first-order valence-corrected chi connectivity index (χ1v) is 2.86. The molecule has 0 amide bonds. The lowest BCUT2D eigenvalue weighted by Gasteiger charge is -2.24. The Kier molecular flexibility index (Phi) is 1.60. The average molecular weight is 129 g/mol. The Morgan fingerprint density at radius 2 is 2.44 bits per heavy atom. The van der Waals surface area contributed by atoms with E-state index >= 15 is 0 Å². The zero-order chi connectivity index (χ0) is 6.85. The Morgan fingerprint density at radius 1 is 1.78 bits per heavy atom. The van der Waals surface area contributed by atoms with Crippen LogP contribution in [0.4, 0.5) is 4.79 Å². The second-order valence-electron chi connectivity index (χ2n) is 2.19. The first kappa shape index (κ1) is 6.39.